The normalized spacial score (nSPS) is 13.7. The van der Waals surface area contributed by atoms with Crippen LogP contribution in [0.5, 0.6) is 5.75 Å². The molecule has 0 spiro atoms. The van der Waals surface area contributed by atoms with Gasteiger partial charge in [-0.25, -0.2) is 14.8 Å². The zero-order chi connectivity index (χ0) is 35.1. The second-order valence-electron chi connectivity index (χ2n) is 11.4. The molecule has 252 valence electrons. The molecule has 5 rings (SSSR count). The summed E-state index contributed by atoms with van der Waals surface area (Å²) in [6.07, 6.45) is 1.97. The van der Waals surface area contributed by atoms with Crippen molar-refractivity contribution in [3.63, 3.8) is 0 Å². The van der Waals surface area contributed by atoms with Crippen molar-refractivity contribution in [2.45, 2.75) is 49.6 Å². The van der Waals surface area contributed by atoms with Gasteiger partial charge in [0.1, 0.15) is 52.0 Å². The van der Waals surface area contributed by atoms with Gasteiger partial charge in [-0.1, -0.05) is 47.6 Å². The fourth-order valence-corrected chi connectivity index (χ4v) is 7.35. The number of benzene rings is 2. The molecule has 3 N–H and O–H groups in total. The molecule has 0 bridgehead atoms. The minimum absolute atomic E-state index is 0.0249. The van der Waals surface area contributed by atoms with Crippen LogP contribution in [0.25, 0.3) is 21.7 Å². The van der Waals surface area contributed by atoms with E-state index >= 15 is 0 Å². The monoisotopic (exact) mass is 715 g/mol. The summed E-state index contributed by atoms with van der Waals surface area (Å²) >= 11 is 8.99. The Bertz CT molecular complexity index is 1900. The number of nitriles is 2. The largest absolute Gasteiger partial charge is 0.492 e. The molecule has 2 aromatic carbocycles. The van der Waals surface area contributed by atoms with Crippen molar-refractivity contribution in [2.75, 3.05) is 31.1 Å². The molecular formula is C35H34ClN7O4S2. The SMILES string of the molecule is C[C@H](N)C(=O)N(CCOc1ccc(-c2c(C#N)c(SCc3csc(-c4ccc(Cl)cc4)n3)nc(N3CCCC3)c2C#N)cc1)[C@@H](C)C(=O)O. The summed E-state index contributed by atoms with van der Waals surface area (Å²) < 4.78 is 5.86. The summed E-state index contributed by atoms with van der Waals surface area (Å²) in [5.74, 6) is -0.119. The number of carbonyl (C=O) groups excluding carboxylic acids is 1. The first kappa shape index (κ1) is 35.6. The molecule has 1 aliphatic heterocycles. The third-order valence-corrected chi connectivity index (χ3v) is 10.2. The highest BCUT2D eigenvalue weighted by molar-refractivity contribution is 7.98. The lowest BCUT2D eigenvalue weighted by atomic mass is 9.96. The van der Waals surface area contributed by atoms with Crippen LogP contribution in [0.15, 0.2) is 58.9 Å². The summed E-state index contributed by atoms with van der Waals surface area (Å²) in [6, 6.07) is 17.2. The molecule has 3 heterocycles. The first-order valence-electron chi connectivity index (χ1n) is 15.6. The van der Waals surface area contributed by atoms with Crippen LogP contribution in [0.3, 0.4) is 0 Å². The average molecular weight is 716 g/mol. The highest BCUT2D eigenvalue weighted by Gasteiger charge is 2.28. The lowest BCUT2D eigenvalue weighted by Crippen LogP contribution is -2.50. The summed E-state index contributed by atoms with van der Waals surface area (Å²) in [7, 11) is 0. The number of aliphatic carboxylic acids is 1. The van der Waals surface area contributed by atoms with Crippen LogP contribution in [0.2, 0.25) is 5.02 Å². The van der Waals surface area contributed by atoms with Crippen molar-refractivity contribution in [2.24, 2.45) is 5.73 Å². The van der Waals surface area contributed by atoms with Crippen molar-refractivity contribution in [3.05, 3.63) is 75.8 Å². The van der Waals surface area contributed by atoms with E-state index in [0.29, 0.717) is 49.6 Å². The molecular weight excluding hydrogens is 682 g/mol. The lowest BCUT2D eigenvalue weighted by molar-refractivity contribution is -0.150. The fourth-order valence-electron chi connectivity index (χ4n) is 5.42. The highest BCUT2D eigenvalue weighted by atomic mass is 35.5. The Morgan fingerprint density at radius 2 is 1.71 bits per heavy atom. The number of nitrogens with zero attached hydrogens (tertiary/aromatic N) is 6. The third-order valence-electron chi connectivity index (χ3n) is 8.02. The van der Waals surface area contributed by atoms with Crippen LogP contribution in [0.4, 0.5) is 5.82 Å². The Kier molecular flexibility index (Phi) is 11.8. The van der Waals surface area contributed by atoms with Crippen molar-refractivity contribution in [3.8, 4) is 39.6 Å². The standard InChI is InChI=1S/C35H34ClN7O4S2/c1-21(39)34(44)43(22(2)35(45)46)15-16-47-27-11-7-23(8-12-27)30-28(17-37)31(42-13-3-4-14-42)41-33(29(30)18-38)49-20-26-19-48-32(40-26)24-5-9-25(36)10-6-24/h5-12,19,21-22H,3-4,13-16,20,39H2,1-2H3,(H,45,46)/t21-,22-/m0/s1. The first-order valence-corrected chi connectivity index (χ1v) is 17.8. The van der Waals surface area contributed by atoms with Gasteiger partial charge in [0.25, 0.3) is 0 Å². The van der Waals surface area contributed by atoms with E-state index in [-0.39, 0.29) is 13.2 Å². The summed E-state index contributed by atoms with van der Waals surface area (Å²) in [6.45, 7) is 4.52. The molecule has 1 aliphatic rings. The van der Waals surface area contributed by atoms with Gasteiger partial charge in [-0.05, 0) is 56.5 Å². The van der Waals surface area contributed by atoms with Gasteiger partial charge < -0.3 is 25.4 Å². The zero-order valence-corrected chi connectivity index (χ0v) is 29.3. The lowest BCUT2D eigenvalue weighted by Gasteiger charge is -2.28. The molecule has 14 heteroatoms. The molecule has 0 saturated carbocycles. The number of carbonyl (C=O) groups is 2. The van der Waals surface area contributed by atoms with Crippen LogP contribution >= 0.6 is 34.7 Å². The number of aromatic nitrogens is 2. The van der Waals surface area contributed by atoms with Crippen LogP contribution in [-0.4, -0.2) is 70.2 Å². The number of thioether (sulfide) groups is 1. The maximum absolute atomic E-state index is 12.5. The van der Waals surface area contributed by atoms with E-state index in [9.17, 15) is 25.2 Å². The van der Waals surface area contributed by atoms with Gasteiger partial charge in [0.2, 0.25) is 5.91 Å². The Labute approximate surface area is 297 Å². The van der Waals surface area contributed by atoms with Gasteiger partial charge >= 0.3 is 5.97 Å². The minimum atomic E-state index is -1.14. The number of carboxylic acids is 1. The number of ether oxygens (including phenoxy) is 1. The Morgan fingerprint density at radius 3 is 2.33 bits per heavy atom. The molecule has 1 fully saturated rings. The number of nitrogens with two attached hydrogens (primary N) is 1. The number of hydrogen-bond donors (Lipinski definition) is 2. The molecule has 49 heavy (non-hydrogen) atoms. The average Bonchev–Trinajstić information content (AvgIpc) is 3.82. The number of carboxylic acid groups (broad SMARTS) is 1. The predicted molar refractivity (Wildman–Crippen MR) is 191 cm³/mol. The van der Waals surface area contributed by atoms with Crippen molar-refractivity contribution < 1.29 is 19.4 Å². The summed E-state index contributed by atoms with van der Waals surface area (Å²) in [5, 5.41) is 34.3. The maximum Gasteiger partial charge on any atom is 0.326 e. The minimum Gasteiger partial charge on any atom is -0.492 e. The molecule has 1 saturated heterocycles. The van der Waals surface area contributed by atoms with Crippen LogP contribution in [0.1, 0.15) is 43.5 Å². The van der Waals surface area contributed by atoms with Gasteiger partial charge in [-0.2, -0.15) is 10.5 Å². The molecule has 2 aromatic heterocycles. The van der Waals surface area contributed by atoms with E-state index < -0.39 is 24.0 Å². The molecule has 0 radical (unpaired) electrons. The van der Waals surface area contributed by atoms with E-state index in [1.807, 2.05) is 29.6 Å². The molecule has 0 aliphatic carbocycles. The summed E-state index contributed by atoms with van der Waals surface area (Å²) in [4.78, 5) is 37.0. The molecule has 4 aromatic rings. The van der Waals surface area contributed by atoms with Gasteiger partial charge in [0.05, 0.1) is 23.8 Å². The number of hydrogen-bond acceptors (Lipinski definition) is 11. The smallest absolute Gasteiger partial charge is 0.326 e. The quantitative estimate of drug-likeness (QED) is 0.151. The van der Waals surface area contributed by atoms with Crippen LogP contribution in [0, 0.1) is 22.7 Å². The molecule has 11 nitrogen and oxygen atoms in total. The summed E-state index contributed by atoms with van der Waals surface area (Å²) in [5.41, 5.74) is 9.33. The zero-order valence-electron chi connectivity index (χ0n) is 26.9. The first-order chi connectivity index (χ1) is 23.6. The van der Waals surface area contributed by atoms with Gasteiger partial charge in [-0.15, -0.1) is 11.3 Å². The van der Waals surface area contributed by atoms with Crippen molar-refractivity contribution >= 4 is 52.4 Å². The second-order valence-corrected chi connectivity index (χ2v) is 13.7. The number of amides is 1. The molecule has 2 atom stereocenters. The van der Waals surface area contributed by atoms with Crippen molar-refractivity contribution in [1.29, 1.82) is 10.5 Å². The second kappa shape index (κ2) is 16.2. The van der Waals surface area contributed by atoms with Gasteiger partial charge in [0.15, 0.2) is 0 Å². The number of anilines is 1. The Morgan fingerprint density at radius 1 is 1.06 bits per heavy atom. The van der Waals surface area contributed by atoms with E-state index in [1.165, 1.54) is 41.8 Å². The van der Waals surface area contributed by atoms with E-state index in [0.717, 1.165) is 42.2 Å². The van der Waals surface area contributed by atoms with Gasteiger partial charge in [0, 0.05) is 40.4 Å². The maximum atomic E-state index is 12.5. The van der Waals surface area contributed by atoms with Gasteiger partial charge in [-0.3, -0.25) is 4.79 Å². The highest BCUT2D eigenvalue weighted by Crippen LogP contribution is 2.40. The van der Waals surface area contributed by atoms with E-state index in [2.05, 4.69) is 17.0 Å². The number of thiazole rings is 1. The number of pyridine rings is 1. The van der Waals surface area contributed by atoms with Crippen LogP contribution in [-0.2, 0) is 15.3 Å². The van der Waals surface area contributed by atoms with Crippen LogP contribution < -0.4 is 15.4 Å². The van der Waals surface area contributed by atoms with E-state index in [4.69, 9.17) is 32.0 Å². The fraction of sp³-hybridized carbons (Fsp3) is 0.314. The predicted octanol–water partition coefficient (Wildman–Crippen LogP) is 6.19. The number of rotatable bonds is 13. The third kappa shape index (κ3) is 8.32. The topological polar surface area (TPSA) is 169 Å². The van der Waals surface area contributed by atoms with Crippen molar-refractivity contribution in [1.82, 2.24) is 14.9 Å². The Hall–Kier alpha value is -4.66. The molecule has 0 unspecified atom stereocenters. The molecule has 1 amide bonds. The number of halogens is 1. The van der Waals surface area contributed by atoms with E-state index in [1.54, 1.807) is 24.3 Å². The Balaban J connectivity index is 1.41.